The van der Waals surface area contributed by atoms with Crippen LogP contribution in [0.15, 0.2) is 52.2 Å². The number of hydrogen-bond donors (Lipinski definition) is 2. The molecule has 0 spiro atoms. The predicted molar refractivity (Wildman–Crippen MR) is 127 cm³/mol. The normalized spacial score (nSPS) is 13.9. The van der Waals surface area contributed by atoms with Gasteiger partial charge in [-0.1, -0.05) is 24.6 Å². The Hall–Kier alpha value is -2.75. The van der Waals surface area contributed by atoms with Gasteiger partial charge in [-0.05, 0) is 61.6 Å². The van der Waals surface area contributed by atoms with Crippen LogP contribution in [0.2, 0.25) is 5.02 Å². The number of nitrogens with one attached hydrogen (secondary N) is 2. The van der Waals surface area contributed by atoms with E-state index in [1.165, 1.54) is 17.0 Å². The van der Waals surface area contributed by atoms with Gasteiger partial charge in [-0.15, -0.1) is 0 Å². The first kappa shape index (κ1) is 23.4. The molecule has 1 saturated carbocycles. The summed E-state index contributed by atoms with van der Waals surface area (Å²) in [5.74, 6) is 0.382. The largest absolute Gasteiger partial charge is 0.331 e. The van der Waals surface area contributed by atoms with Crippen LogP contribution in [0.25, 0.3) is 10.9 Å². The fourth-order valence-corrected chi connectivity index (χ4v) is 4.88. The molecule has 10 heteroatoms. The summed E-state index contributed by atoms with van der Waals surface area (Å²) < 4.78 is 27.8. The third kappa shape index (κ3) is 5.61. The third-order valence-corrected chi connectivity index (χ3v) is 7.15. The van der Waals surface area contributed by atoms with E-state index in [1.54, 1.807) is 30.3 Å². The lowest BCUT2D eigenvalue weighted by Crippen LogP contribution is -2.33. The van der Waals surface area contributed by atoms with Gasteiger partial charge in [-0.3, -0.25) is 9.59 Å². The Morgan fingerprint density at radius 1 is 1.24 bits per heavy atom. The number of sulfonamides is 1. The van der Waals surface area contributed by atoms with Crippen LogP contribution in [-0.4, -0.2) is 42.3 Å². The maximum Gasteiger partial charge on any atom is 0.258 e. The molecule has 1 aromatic heterocycles. The zero-order valence-corrected chi connectivity index (χ0v) is 19.7. The van der Waals surface area contributed by atoms with Gasteiger partial charge in [0.15, 0.2) is 0 Å². The minimum Gasteiger partial charge on any atom is -0.331 e. The molecular weight excluding hydrogens is 464 g/mol. The van der Waals surface area contributed by atoms with Crippen molar-refractivity contribution in [3.05, 3.63) is 69.2 Å². The highest BCUT2D eigenvalue weighted by Gasteiger charge is 2.25. The second kappa shape index (κ2) is 9.62. The number of rotatable bonds is 9. The summed E-state index contributed by atoms with van der Waals surface area (Å²) in [5, 5.41) is 0.870. The highest BCUT2D eigenvalue weighted by molar-refractivity contribution is 7.89. The van der Waals surface area contributed by atoms with Gasteiger partial charge in [0, 0.05) is 23.7 Å². The van der Waals surface area contributed by atoms with Gasteiger partial charge < -0.3 is 9.88 Å². The summed E-state index contributed by atoms with van der Waals surface area (Å²) in [6.45, 7) is 2.82. The molecule has 33 heavy (non-hydrogen) atoms. The lowest BCUT2D eigenvalue weighted by Gasteiger charge is -2.22. The fraction of sp³-hybridized carbons (Fsp3) is 0.348. The number of H-pyrrole nitrogens is 1. The molecule has 3 aromatic rings. The second-order valence-corrected chi connectivity index (χ2v) is 10.4. The Kier molecular flexibility index (Phi) is 6.83. The zero-order valence-electron chi connectivity index (χ0n) is 18.2. The first-order chi connectivity index (χ1) is 15.8. The number of benzene rings is 2. The monoisotopic (exact) mass is 488 g/mol. The number of halogens is 1. The molecule has 8 nitrogen and oxygen atoms in total. The van der Waals surface area contributed by atoms with Crippen molar-refractivity contribution < 1.29 is 13.2 Å². The first-order valence-electron chi connectivity index (χ1n) is 10.8. The van der Waals surface area contributed by atoms with Crippen LogP contribution in [0.5, 0.6) is 0 Å². The van der Waals surface area contributed by atoms with Crippen LogP contribution in [-0.2, 0) is 16.6 Å². The minimum absolute atomic E-state index is 0.0531. The summed E-state index contributed by atoms with van der Waals surface area (Å²) in [6.07, 6.45) is 2.74. The highest BCUT2D eigenvalue weighted by Crippen LogP contribution is 2.28. The van der Waals surface area contributed by atoms with E-state index in [4.69, 9.17) is 11.6 Å². The summed E-state index contributed by atoms with van der Waals surface area (Å²) in [4.78, 5) is 34.5. The Labute approximate surface area is 197 Å². The Morgan fingerprint density at radius 2 is 2.03 bits per heavy atom. The Morgan fingerprint density at radius 3 is 2.76 bits per heavy atom. The van der Waals surface area contributed by atoms with Crippen molar-refractivity contribution in [1.29, 1.82) is 0 Å². The number of amides is 1. The average molecular weight is 489 g/mol. The number of aromatic amines is 1. The van der Waals surface area contributed by atoms with Gasteiger partial charge in [0.2, 0.25) is 10.0 Å². The number of carbonyl (C=O) groups is 1. The molecule has 174 valence electrons. The van der Waals surface area contributed by atoms with E-state index in [9.17, 15) is 18.0 Å². The molecule has 1 aliphatic rings. The molecule has 2 aromatic carbocycles. The summed E-state index contributed by atoms with van der Waals surface area (Å²) in [5.41, 5.74) is 0.384. The minimum atomic E-state index is -3.70. The molecule has 1 heterocycles. The van der Waals surface area contributed by atoms with Gasteiger partial charge in [-0.2, -0.15) is 0 Å². The van der Waals surface area contributed by atoms with Crippen molar-refractivity contribution >= 4 is 38.4 Å². The van der Waals surface area contributed by atoms with E-state index < -0.39 is 10.0 Å². The summed E-state index contributed by atoms with van der Waals surface area (Å²) in [7, 11) is -3.70. The van der Waals surface area contributed by atoms with E-state index in [0.29, 0.717) is 47.2 Å². The number of nitrogens with zero attached hydrogens (tertiary/aromatic N) is 2. The molecule has 0 bridgehead atoms. The molecule has 0 unspecified atom stereocenters. The fourth-order valence-electron chi connectivity index (χ4n) is 3.55. The van der Waals surface area contributed by atoms with Crippen molar-refractivity contribution in [3.63, 3.8) is 0 Å². The van der Waals surface area contributed by atoms with Crippen molar-refractivity contribution in [2.24, 2.45) is 5.92 Å². The maximum absolute atomic E-state index is 13.3. The predicted octanol–water partition coefficient (Wildman–Crippen LogP) is 3.32. The quantitative estimate of drug-likeness (QED) is 0.480. The van der Waals surface area contributed by atoms with Crippen molar-refractivity contribution in [3.8, 4) is 0 Å². The van der Waals surface area contributed by atoms with Crippen molar-refractivity contribution in [2.75, 3.05) is 13.1 Å². The lowest BCUT2D eigenvalue weighted by atomic mass is 10.2. The topological polar surface area (TPSA) is 112 Å². The van der Waals surface area contributed by atoms with Crippen LogP contribution in [0.4, 0.5) is 0 Å². The first-order valence-corrected chi connectivity index (χ1v) is 12.7. The van der Waals surface area contributed by atoms with Crippen LogP contribution in [0, 0.1) is 5.92 Å². The maximum atomic E-state index is 13.3. The third-order valence-electron chi connectivity index (χ3n) is 5.49. The number of hydrogen-bond acceptors (Lipinski definition) is 5. The second-order valence-electron chi connectivity index (χ2n) is 8.22. The van der Waals surface area contributed by atoms with E-state index in [1.807, 2.05) is 6.92 Å². The molecule has 0 atom stereocenters. The van der Waals surface area contributed by atoms with Crippen molar-refractivity contribution in [1.82, 2.24) is 19.6 Å². The molecule has 0 radical (unpaired) electrons. The van der Waals surface area contributed by atoms with Crippen LogP contribution in [0.3, 0.4) is 0 Å². The van der Waals surface area contributed by atoms with E-state index in [0.717, 1.165) is 12.8 Å². The average Bonchev–Trinajstić information content (AvgIpc) is 3.61. The molecule has 4 rings (SSSR count). The van der Waals surface area contributed by atoms with Gasteiger partial charge in [0.1, 0.15) is 5.82 Å². The Balaban J connectivity index is 1.59. The molecule has 1 fully saturated rings. The van der Waals surface area contributed by atoms with Crippen LogP contribution in [0.1, 0.15) is 42.4 Å². The Bertz CT molecular complexity index is 1350. The SMILES string of the molecule is CCCN(Cc1nc2cc(Cl)ccc2c(=O)[nH]1)C(=O)c1cccc(S(=O)(=O)NCC2CC2)c1. The zero-order chi connectivity index (χ0) is 23.6. The summed E-state index contributed by atoms with van der Waals surface area (Å²) in [6, 6.07) is 10.8. The van der Waals surface area contributed by atoms with Crippen LogP contribution < -0.4 is 10.3 Å². The van der Waals surface area contributed by atoms with Gasteiger partial charge in [0.25, 0.3) is 11.5 Å². The van der Waals surface area contributed by atoms with Gasteiger partial charge >= 0.3 is 0 Å². The number of carbonyl (C=O) groups excluding carboxylic acids is 1. The molecule has 1 amide bonds. The molecule has 0 saturated heterocycles. The van der Waals surface area contributed by atoms with Gasteiger partial charge in [0.05, 0.1) is 22.3 Å². The molecular formula is C23H25ClN4O4S. The van der Waals surface area contributed by atoms with E-state index in [-0.39, 0.29) is 28.5 Å². The van der Waals surface area contributed by atoms with Crippen molar-refractivity contribution in [2.45, 2.75) is 37.6 Å². The standard InChI is InChI=1S/C23H25ClN4O4S/c1-2-10-28(14-21-26-20-12-17(24)8-9-19(20)22(29)27-21)23(30)16-4-3-5-18(11-16)33(31,32)25-13-15-6-7-15/h3-5,8-9,11-12,15,25H,2,6-7,10,13-14H2,1H3,(H,26,27,29). The van der Waals surface area contributed by atoms with Gasteiger partial charge in [-0.25, -0.2) is 18.1 Å². The number of aromatic nitrogens is 2. The van der Waals surface area contributed by atoms with E-state index >= 15 is 0 Å². The lowest BCUT2D eigenvalue weighted by molar-refractivity contribution is 0.0738. The number of fused-ring (bicyclic) bond motifs is 1. The molecule has 0 aliphatic heterocycles. The summed E-state index contributed by atoms with van der Waals surface area (Å²) >= 11 is 6.03. The van der Waals surface area contributed by atoms with Crippen LogP contribution >= 0.6 is 11.6 Å². The molecule has 1 aliphatic carbocycles. The smallest absolute Gasteiger partial charge is 0.258 e. The molecule has 2 N–H and O–H groups in total. The highest BCUT2D eigenvalue weighted by atomic mass is 35.5. The van der Waals surface area contributed by atoms with E-state index in [2.05, 4.69) is 14.7 Å².